The van der Waals surface area contributed by atoms with Gasteiger partial charge in [-0.2, -0.15) is 0 Å². The van der Waals surface area contributed by atoms with Gasteiger partial charge in [0.25, 0.3) is 5.91 Å². The van der Waals surface area contributed by atoms with Gasteiger partial charge < -0.3 is 10.4 Å². The van der Waals surface area contributed by atoms with E-state index >= 15 is 0 Å². The van der Waals surface area contributed by atoms with Gasteiger partial charge in [0, 0.05) is 24.2 Å². The van der Waals surface area contributed by atoms with Crippen molar-refractivity contribution in [3.63, 3.8) is 0 Å². The maximum Gasteiger partial charge on any atom is 0.252 e. The molecular formula is C14H13N3O2S. The molecule has 0 aliphatic heterocycles. The van der Waals surface area contributed by atoms with E-state index in [1.165, 1.54) is 11.3 Å². The summed E-state index contributed by atoms with van der Waals surface area (Å²) in [5.74, 6) is 5.41. The fourth-order valence-electron chi connectivity index (χ4n) is 1.50. The molecule has 2 rings (SSSR count). The molecule has 0 aliphatic carbocycles. The van der Waals surface area contributed by atoms with Crippen molar-refractivity contribution in [2.45, 2.75) is 13.0 Å². The van der Waals surface area contributed by atoms with Gasteiger partial charge in [0.2, 0.25) is 0 Å². The molecule has 0 saturated heterocycles. The van der Waals surface area contributed by atoms with E-state index in [1.54, 1.807) is 24.0 Å². The second-order valence-electron chi connectivity index (χ2n) is 3.86. The first kappa shape index (κ1) is 14.2. The van der Waals surface area contributed by atoms with E-state index in [4.69, 9.17) is 5.11 Å². The van der Waals surface area contributed by atoms with Crippen molar-refractivity contribution in [3.8, 4) is 11.8 Å². The topological polar surface area (TPSA) is 75.1 Å². The lowest BCUT2D eigenvalue weighted by molar-refractivity contribution is 0.0950. The average Bonchev–Trinajstić information content (AvgIpc) is 2.99. The Morgan fingerprint density at radius 1 is 1.50 bits per heavy atom. The molecule has 0 spiro atoms. The molecule has 102 valence electrons. The molecule has 0 atom stereocenters. The summed E-state index contributed by atoms with van der Waals surface area (Å²) in [5.41, 5.74) is 3.57. The number of nitrogens with zero attached hydrogens (tertiary/aromatic N) is 2. The molecule has 0 aliphatic rings. The van der Waals surface area contributed by atoms with Gasteiger partial charge >= 0.3 is 0 Å². The summed E-state index contributed by atoms with van der Waals surface area (Å²) < 4.78 is 0. The summed E-state index contributed by atoms with van der Waals surface area (Å²) >= 11 is 1.49. The molecule has 2 aromatic rings. The Bertz CT molecular complexity index is 629. The average molecular weight is 287 g/mol. The minimum Gasteiger partial charge on any atom is -0.395 e. The van der Waals surface area contributed by atoms with Crippen LogP contribution in [0.25, 0.3) is 0 Å². The van der Waals surface area contributed by atoms with Crippen LogP contribution in [0.3, 0.4) is 0 Å². The number of carbonyl (C=O) groups is 1. The number of rotatable bonds is 4. The van der Waals surface area contributed by atoms with Gasteiger partial charge in [0.05, 0.1) is 35.5 Å². The monoisotopic (exact) mass is 287 g/mol. The zero-order valence-electron chi connectivity index (χ0n) is 10.7. The van der Waals surface area contributed by atoms with Gasteiger partial charge in [-0.3, -0.25) is 9.78 Å². The van der Waals surface area contributed by atoms with E-state index in [2.05, 4.69) is 27.1 Å². The van der Waals surface area contributed by atoms with Crippen LogP contribution in [0.15, 0.2) is 29.4 Å². The van der Waals surface area contributed by atoms with Crippen molar-refractivity contribution in [1.82, 2.24) is 15.3 Å². The summed E-state index contributed by atoms with van der Waals surface area (Å²) in [6.45, 7) is 0.382. The third-order valence-electron chi connectivity index (χ3n) is 2.44. The Morgan fingerprint density at radius 3 is 3.15 bits per heavy atom. The van der Waals surface area contributed by atoms with Crippen molar-refractivity contribution in [2.24, 2.45) is 0 Å². The first-order chi connectivity index (χ1) is 9.81. The van der Waals surface area contributed by atoms with Crippen LogP contribution in [0.2, 0.25) is 0 Å². The minimum absolute atomic E-state index is 0.00137. The van der Waals surface area contributed by atoms with Gasteiger partial charge in [0.1, 0.15) is 0 Å². The standard InChI is InChI=1S/C14H13N3O2S/c18-6-2-1-3-11-7-15-5-4-13(11)14(19)16-8-12-9-20-10-17-12/h4-5,7,9-10,18H,2,6,8H2,(H,16,19). The van der Waals surface area contributed by atoms with Gasteiger partial charge in [-0.1, -0.05) is 11.8 Å². The highest BCUT2D eigenvalue weighted by atomic mass is 32.1. The SMILES string of the molecule is O=C(NCc1cscn1)c1ccncc1C#CCCO. The zero-order valence-corrected chi connectivity index (χ0v) is 11.5. The number of nitrogens with one attached hydrogen (secondary N) is 1. The van der Waals surface area contributed by atoms with Crippen molar-refractivity contribution in [1.29, 1.82) is 0 Å². The van der Waals surface area contributed by atoms with Gasteiger partial charge in [-0.05, 0) is 6.07 Å². The number of aromatic nitrogens is 2. The van der Waals surface area contributed by atoms with E-state index in [1.807, 2.05) is 5.38 Å². The third-order valence-corrected chi connectivity index (χ3v) is 3.07. The van der Waals surface area contributed by atoms with Gasteiger partial charge in [-0.15, -0.1) is 11.3 Å². The molecular weight excluding hydrogens is 274 g/mol. The summed E-state index contributed by atoms with van der Waals surface area (Å²) in [4.78, 5) is 20.2. The fraction of sp³-hybridized carbons (Fsp3) is 0.214. The van der Waals surface area contributed by atoms with E-state index in [9.17, 15) is 4.79 Å². The third kappa shape index (κ3) is 3.88. The van der Waals surface area contributed by atoms with E-state index < -0.39 is 0 Å². The molecule has 0 unspecified atom stereocenters. The quantitative estimate of drug-likeness (QED) is 0.829. The van der Waals surface area contributed by atoms with Gasteiger partial charge in [0.15, 0.2) is 0 Å². The molecule has 0 radical (unpaired) electrons. The van der Waals surface area contributed by atoms with Crippen molar-refractivity contribution in [3.05, 3.63) is 46.2 Å². The van der Waals surface area contributed by atoms with Crippen LogP contribution < -0.4 is 5.32 Å². The van der Waals surface area contributed by atoms with E-state index in [0.717, 1.165) is 5.69 Å². The number of pyridine rings is 1. The molecule has 2 aromatic heterocycles. The smallest absolute Gasteiger partial charge is 0.252 e. The molecule has 6 heteroatoms. The molecule has 20 heavy (non-hydrogen) atoms. The molecule has 5 nitrogen and oxygen atoms in total. The van der Waals surface area contributed by atoms with Gasteiger partial charge in [-0.25, -0.2) is 4.98 Å². The normalized spacial score (nSPS) is 9.65. The Labute approximate surface area is 120 Å². The largest absolute Gasteiger partial charge is 0.395 e. The van der Waals surface area contributed by atoms with Crippen LogP contribution >= 0.6 is 11.3 Å². The number of aliphatic hydroxyl groups excluding tert-OH is 1. The summed E-state index contributed by atoms with van der Waals surface area (Å²) in [6, 6.07) is 1.62. The lowest BCUT2D eigenvalue weighted by Crippen LogP contribution is -2.23. The Kier molecular flexibility index (Phi) is 5.24. The molecule has 0 aromatic carbocycles. The molecule has 0 fully saturated rings. The van der Waals surface area contributed by atoms with Crippen LogP contribution in [-0.2, 0) is 6.54 Å². The first-order valence-corrected chi connectivity index (χ1v) is 6.94. The van der Waals surface area contributed by atoms with Crippen molar-refractivity contribution in [2.75, 3.05) is 6.61 Å². The van der Waals surface area contributed by atoms with Crippen molar-refractivity contribution >= 4 is 17.2 Å². The fourth-order valence-corrected chi connectivity index (χ4v) is 2.05. The van der Waals surface area contributed by atoms with E-state index in [-0.39, 0.29) is 12.5 Å². The number of carbonyl (C=O) groups excluding carboxylic acids is 1. The maximum atomic E-state index is 12.1. The molecule has 1 amide bonds. The number of hydrogen-bond acceptors (Lipinski definition) is 5. The van der Waals surface area contributed by atoms with Crippen LogP contribution in [0.5, 0.6) is 0 Å². The summed E-state index contributed by atoms with van der Waals surface area (Å²) in [7, 11) is 0. The summed E-state index contributed by atoms with van der Waals surface area (Å²) in [6.07, 6.45) is 3.46. The number of hydrogen-bond donors (Lipinski definition) is 2. The maximum absolute atomic E-state index is 12.1. The first-order valence-electron chi connectivity index (χ1n) is 6.00. The van der Waals surface area contributed by atoms with Crippen LogP contribution in [-0.4, -0.2) is 27.6 Å². The zero-order chi connectivity index (χ0) is 14.2. The molecule has 2 heterocycles. The minimum atomic E-state index is -0.214. The molecule has 0 saturated carbocycles. The van der Waals surface area contributed by atoms with Crippen LogP contribution in [0.4, 0.5) is 0 Å². The van der Waals surface area contributed by atoms with Crippen molar-refractivity contribution < 1.29 is 9.90 Å². The lowest BCUT2D eigenvalue weighted by Gasteiger charge is -2.05. The number of aliphatic hydroxyl groups is 1. The Morgan fingerprint density at radius 2 is 2.40 bits per heavy atom. The van der Waals surface area contributed by atoms with Crippen LogP contribution in [0.1, 0.15) is 28.0 Å². The molecule has 0 bridgehead atoms. The highest BCUT2D eigenvalue weighted by Crippen LogP contribution is 2.06. The highest BCUT2D eigenvalue weighted by Gasteiger charge is 2.10. The second-order valence-corrected chi connectivity index (χ2v) is 4.58. The van der Waals surface area contributed by atoms with Crippen LogP contribution in [0, 0.1) is 11.8 Å². The number of amides is 1. The summed E-state index contributed by atoms with van der Waals surface area (Å²) in [5, 5.41) is 13.4. The predicted octanol–water partition coefficient (Wildman–Crippen LogP) is 1.20. The highest BCUT2D eigenvalue weighted by molar-refractivity contribution is 7.07. The Balaban J connectivity index is 2.07. The second kappa shape index (κ2) is 7.38. The predicted molar refractivity (Wildman–Crippen MR) is 76.1 cm³/mol. The molecule has 2 N–H and O–H groups in total. The number of thiazole rings is 1. The lowest BCUT2D eigenvalue weighted by atomic mass is 10.1. The van der Waals surface area contributed by atoms with E-state index in [0.29, 0.717) is 24.1 Å². The Hall–Kier alpha value is -2.23.